The molecule has 0 radical (unpaired) electrons. The van der Waals surface area contributed by atoms with Gasteiger partial charge in [0.15, 0.2) is 9.84 Å². The summed E-state index contributed by atoms with van der Waals surface area (Å²) in [6, 6.07) is 6.68. The second-order valence-corrected chi connectivity index (χ2v) is 8.95. The van der Waals surface area contributed by atoms with Crippen LogP contribution in [0, 0.1) is 0 Å². The molecule has 0 aliphatic rings. The molecule has 3 rings (SSSR count). The number of fused-ring (bicyclic) bond motifs is 1. The van der Waals surface area contributed by atoms with E-state index < -0.39 is 38.3 Å². The molecule has 0 unspecified atom stereocenters. The Labute approximate surface area is 173 Å². The molecule has 0 bridgehead atoms. The Balaban J connectivity index is 1.86. The van der Waals surface area contributed by atoms with Gasteiger partial charge in [-0.1, -0.05) is 11.6 Å². The van der Waals surface area contributed by atoms with Crippen LogP contribution in [-0.2, 0) is 34.9 Å². The quantitative estimate of drug-likeness (QED) is 0.647. The summed E-state index contributed by atoms with van der Waals surface area (Å²) in [6.45, 7) is 0. The molecule has 30 heavy (non-hydrogen) atoms. The fourth-order valence-electron chi connectivity index (χ4n) is 2.95. The van der Waals surface area contributed by atoms with E-state index >= 15 is 0 Å². The van der Waals surface area contributed by atoms with E-state index in [4.69, 9.17) is 11.6 Å². The van der Waals surface area contributed by atoms with E-state index in [9.17, 15) is 31.2 Å². The average Bonchev–Trinajstić information content (AvgIpc) is 2.86. The van der Waals surface area contributed by atoms with Crippen molar-refractivity contribution in [1.29, 1.82) is 0 Å². The van der Waals surface area contributed by atoms with Crippen LogP contribution in [0.1, 0.15) is 5.56 Å². The van der Waals surface area contributed by atoms with Crippen LogP contribution in [0.3, 0.4) is 0 Å². The van der Waals surface area contributed by atoms with Crippen molar-refractivity contribution in [2.75, 3.05) is 11.1 Å². The maximum atomic E-state index is 12.9. The molecule has 0 atom stereocenters. The predicted molar refractivity (Wildman–Crippen MR) is 105 cm³/mol. The SMILES string of the molecule is Cn1c(=O)n(C)c2cc(S(=O)(=O)CC(=O)Nc3ccc(Cl)c(C(F)(F)F)c3)ccc21. The van der Waals surface area contributed by atoms with Crippen molar-refractivity contribution in [3.05, 3.63) is 57.5 Å². The van der Waals surface area contributed by atoms with Crippen molar-refractivity contribution in [1.82, 2.24) is 9.13 Å². The number of amides is 1. The fraction of sp³-hybridized carbons (Fsp3) is 0.222. The van der Waals surface area contributed by atoms with E-state index in [0.717, 1.165) is 12.1 Å². The van der Waals surface area contributed by atoms with Crippen molar-refractivity contribution in [3.63, 3.8) is 0 Å². The van der Waals surface area contributed by atoms with Gasteiger partial charge in [0.05, 0.1) is 26.5 Å². The number of hydrogen-bond acceptors (Lipinski definition) is 4. The van der Waals surface area contributed by atoms with Crippen molar-refractivity contribution < 1.29 is 26.4 Å². The van der Waals surface area contributed by atoms with Gasteiger partial charge in [-0.15, -0.1) is 0 Å². The van der Waals surface area contributed by atoms with Gasteiger partial charge in [0.2, 0.25) is 5.91 Å². The summed E-state index contributed by atoms with van der Waals surface area (Å²) in [5, 5.41) is 1.59. The molecule has 1 heterocycles. The molecular formula is C18H15ClF3N3O4S. The number of benzene rings is 2. The maximum Gasteiger partial charge on any atom is 0.417 e. The normalized spacial score (nSPS) is 12.3. The molecule has 7 nitrogen and oxygen atoms in total. The standard InChI is InChI=1S/C18H15ClF3N3O4S/c1-24-14-6-4-11(8-15(14)25(2)17(24)27)30(28,29)9-16(26)23-10-3-5-13(19)12(7-10)18(20,21)22/h3-8H,9H2,1-2H3,(H,23,26). The molecule has 0 saturated heterocycles. The maximum absolute atomic E-state index is 12.9. The number of imidazole rings is 1. The molecule has 3 aromatic rings. The highest BCUT2D eigenvalue weighted by Crippen LogP contribution is 2.36. The van der Waals surface area contributed by atoms with Crippen molar-refractivity contribution in [3.8, 4) is 0 Å². The molecule has 0 saturated carbocycles. The largest absolute Gasteiger partial charge is 0.417 e. The summed E-state index contributed by atoms with van der Waals surface area (Å²) in [5.74, 6) is -2.02. The van der Waals surface area contributed by atoms with Gasteiger partial charge in [-0.05, 0) is 36.4 Å². The Morgan fingerprint density at radius 1 is 1.07 bits per heavy atom. The Morgan fingerprint density at radius 2 is 1.70 bits per heavy atom. The lowest BCUT2D eigenvalue weighted by Gasteiger charge is -2.12. The lowest BCUT2D eigenvalue weighted by atomic mass is 10.2. The van der Waals surface area contributed by atoms with E-state index in [1.165, 1.54) is 41.4 Å². The number of hydrogen-bond donors (Lipinski definition) is 1. The van der Waals surface area contributed by atoms with Gasteiger partial charge in [-0.2, -0.15) is 13.2 Å². The Hall–Kier alpha value is -2.79. The van der Waals surface area contributed by atoms with Crippen molar-refractivity contribution in [2.45, 2.75) is 11.1 Å². The third-order valence-electron chi connectivity index (χ3n) is 4.48. The molecule has 0 fully saturated rings. The summed E-state index contributed by atoms with van der Waals surface area (Å²) in [4.78, 5) is 24.0. The number of rotatable bonds is 4. The number of halogens is 4. The first-order valence-corrected chi connectivity index (χ1v) is 10.4. The van der Waals surface area contributed by atoms with Gasteiger partial charge >= 0.3 is 11.9 Å². The minimum atomic E-state index is -4.73. The first kappa shape index (κ1) is 21.9. The average molecular weight is 462 g/mol. The highest BCUT2D eigenvalue weighted by Gasteiger charge is 2.33. The number of nitrogens with zero attached hydrogens (tertiary/aromatic N) is 2. The first-order valence-electron chi connectivity index (χ1n) is 8.36. The summed E-state index contributed by atoms with van der Waals surface area (Å²) in [6.07, 6.45) is -4.73. The zero-order chi connectivity index (χ0) is 22.4. The number of sulfone groups is 1. The molecule has 0 aliphatic carbocycles. The van der Waals surface area contributed by atoms with E-state index in [0.29, 0.717) is 17.1 Å². The minimum absolute atomic E-state index is 0.196. The van der Waals surface area contributed by atoms with E-state index in [1.54, 1.807) is 0 Å². The highest BCUT2D eigenvalue weighted by atomic mass is 35.5. The zero-order valence-corrected chi connectivity index (χ0v) is 17.2. The number of aromatic nitrogens is 2. The lowest BCUT2D eigenvalue weighted by Crippen LogP contribution is -2.23. The van der Waals surface area contributed by atoms with Crippen LogP contribution in [0.15, 0.2) is 46.1 Å². The number of carbonyl (C=O) groups is 1. The number of anilines is 1. The van der Waals surface area contributed by atoms with E-state index in [2.05, 4.69) is 5.32 Å². The van der Waals surface area contributed by atoms with Gasteiger partial charge in [0.25, 0.3) is 0 Å². The molecule has 2 aromatic carbocycles. The molecule has 1 N–H and O–H groups in total. The van der Waals surface area contributed by atoms with E-state index in [-0.39, 0.29) is 16.3 Å². The van der Waals surface area contributed by atoms with Crippen LogP contribution in [0.25, 0.3) is 11.0 Å². The minimum Gasteiger partial charge on any atom is -0.325 e. The number of alkyl halides is 3. The van der Waals surface area contributed by atoms with Crippen molar-refractivity contribution in [2.24, 2.45) is 14.1 Å². The number of carbonyl (C=O) groups excluding carboxylic acids is 1. The molecule has 0 spiro atoms. The van der Waals surface area contributed by atoms with Gasteiger partial charge in [0, 0.05) is 19.8 Å². The first-order chi connectivity index (χ1) is 13.8. The Bertz CT molecular complexity index is 1330. The lowest BCUT2D eigenvalue weighted by molar-refractivity contribution is -0.137. The van der Waals surface area contributed by atoms with Crippen LogP contribution in [0.2, 0.25) is 5.02 Å². The second-order valence-electron chi connectivity index (χ2n) is 6.55. The summed E-state index contributed by atoms with van der Waals surface area (Å²) >= 11 is 5.52. The van der Waals surface area contributed by atoms with Crippen LogP contribution >= 0.6 is 11.6 Å². The highest BCUT2D eigenvalue weighted by molar-refractivity contribution is 7.92. The fourth-order valence-corrected chi connectivity index (χ4v) is 4.33. The van der Waals surface area contributed by atoms with Crippen LogP contribution < -0.4 is 11.0 Å². The molecule has 12 heteroatoms. The topological polar surface area (TPSA) is 90.2 Å². The van der Waals surface area contributed by atoms with Crippen LogP contribution in [0.5, 0.6) is 0 Å². The number of nitrogens with one attached hydrogen (secondary N) is 1. The molecule has 0 aliphatic heterocycles. The number of aryl methyl sites for hydroxylation is 2. The summed E-state index contributed by atoms with van der Waals surface area (Å²) in [7, 11) is -1.11. The van der Waals surface area contributed by atoms with Gasteiger partial charge in [0.1, 0.15) is 5.75 Å². The molecule has 1 aromatic heterocycles. The molecule has 160 valence electrons. The van der Waals surface area contributed by atoms with E-state index in [1.807, 2.05) is 0 Å². The summed E-state index contributed by atoms with van der Waals surface area (Å²) in [5.41, 5.74) is -0.878. The van der Waals surface area contributed by atoms with Gasteiger partial charge < -0.3 is 5.32 Å². The van der Waals surface area contributed by atoms with Gasteiger partial charge in [-0.3, -0.25) is 13.9 Å². The third kappa shape index (κ3) is 4.08. The Morgan fingerprint density at radius 3 is 2.33 bits per heavy atom. The summed E-state index contributed by atoms with van der Waals surface area (Å²) < 4.78 is 66.6. The van der Waals surface area contributed by atoms with Crippen molar-refractivity contribution >= 4 is 44.1 Å². The molecular weight excluding hydrogens is 447 g/mol. The Kier molecular flexibility index (Phi) is 5.46. The smallest absolute Gasteiger partial charge is 0.325 e. The third-order valence-corrected chi connectivity index (χ3v) is 6.42. The second kappa shape index (κ2) is 7.47. The van der Waals surface area contributed by atoms with Crippen LogP contribution in [-0.4, -0.2) is 29.2 Å². The van der Waals surface area contributed by atoms with Gasteiger partial charge in [-0.25, -0.2) is 13.2 Å². The predicted octanol–water partition coefficient (Wildman–Crippen LogP) is 2.96. The van der Waals surface area contributed by atoms with Crippen LogP contribution in [0.4, 0.5) is 18.9 Å². The monoisotopic (exact) mass is 461 g/mol. The zero-order valence-electron chi connectivity index (χ0n) is 15.6. The molecule has 1 amide bonds.